The summed E-state index contributed by atoms with van der Waals surface area (Å²) in [5.41, 5.74) is 1.77. The lowest BCUT2D eigenvalue weighted by molar-refractivity contribution is 0.0740. The number of nitrogens with zero attached hydrogens (tertiary/aromatic N) is 3. The number of halogens is 1. The van der Waals surface area contributed by atoms with Crippen LogP contribution in [0, 0.1) is 12.7 Å². The number of aryl methyl sites for hydroxylation is 1. The molecule has 2 aromatic heterocycles. The number of methoxy groups -OCH3 is 2. The van der Waals surface area contributed by atoms with E-state index >= 15 is 0 Å². The number of hydrogen-bond donors (Lipinski definition) is 0. The summed E-state index contributed by atoms with van der Waals surface area (Å²) in [6.45, 7) is 2.84. The van der Waals surface area contributed by atoms with E-state index in [2.05, 4.69) is 9.97 Å². The Morgan fingerprint density at radius 1 is 1.28 bits per heavy atom. The molecule has 0 saturated carbocycles. The van der Waals surface area contributed by atoms with E-state index in [4.69, 9.17) is 9.47 Å². The summed E-state index contributed by atoms with van der Waals surface area (Å²) < 4.78 is 23.9. The molecule has 8 heteroatoms. The van der Waals surface area contributed by atoms with Crippen LogP contribution >= 0.6 is 11.3 Å². The van der Waals surface area contributed by atoms with Crippen molar-refractivity contribution in [2.45, 2.75) is 32.4 Å². The zero-order valence-corrected chi connectivity index (χ0v) is 17.4. The van der Waals surface area contributed by atoms with Gasteiger partial charge in [0, 0.05) is 13.7 Å². The SMILES string of the molecule is COCc1nc(OC)c2c(C)c(C(=O)N3CCCC3c3ccc(F)cc3)sc2n1. The summed E-state index contributed by atoms with van der Waals surface area (Å²) >= 11 is 1.35. The molecule has 0 aliphatic carbocycles. The highest BCUT2D eigenvalue weighted by Crippen LogP contribution is 2.39. The number of amides is 1. The normalized spacial score (nSPS) is 16.6. The van der Waals surface area contributed by atoms with Gasteiger partial charge in [-0.3, -0.25) is 4.79 Å². The van der Waals surface area contributed by atoms with E-state index in [0.29, 0.717) is 28.0 Å². The topological polar surface area (TPSA) is 64.6 Å². The highest BCUT2D eigenvalue weighted by Gasteiger charge is 2.33. The number of thiophene rings is 1. The summed E-state index contributed by atoms with van der Waals surface area (Å²) in [6, 6.07) is 6.35. The summed E-state index contributed by atoms with van der Waals surface area (Å²) in [5, 5.41) is 0.762. The van der Waals surface area contributed by atoms with Crippen LogP contribution in [0.2, 0.25) is 0 Å². The number of likely N-dealkylation sites (tertiary alicyclic amines) is 1. The first-order chi connectivity index (χ1) is 14.0. The van der Waals surface area contributed by atoms with Gasteiger partial charge in [0.15, 0.2) is 5.82 Å². The first-order valence-corrected chi connectivity index (χ1v) is 10.2. The third-order valence-electron chi connectivity index (χ3n) is 5.23. The van der Waals surface area contributed by atoms with Gasteiger partial charge in [-0.05, 0) is 43.0 Å². The Balaban J connectivity index is 1.72. The number of aromatic nitrogens is 2. The fourth-order valence-corrected chi connectivity index (χ4v) is 5.01. The van der Waals surface area contributed by atoms with E-state index in [0.717, 1.165) is 29.4 Å². The van der Waals surface area contributed by atoms with Crippen molar-refractivity contribution in [1.82, 2.24) is 14.9 Å². The number of fused-ring (bicyclic) bond motifs is 1. The average molecular weight is 415 g/mol. The van der Waals surface area contributed by atoms with E-state index in [-0.39, 0.29) is 24.4 Å². The van der Waals surface area contributed by atoms with Crippen LogP contribution < -0.4 is 4.74 Å². The Bertz CT molecular complexity index is 1050. The highest BCUT2D eigenvalue weighted by atomic mass is 32.1. The predicted molar refractivity (Wildman–Crippen MR) is 109 cm³/mol. The van der Waals surface area contributed by atoms with Crippen LogP contribution in [0.15, 0.2) is 24.3 Å². The molecule has 4 rings (SSSR count). The fraction of sp³-hybridized carbons (Fsp3) is 0.381. The number of rotatable bonds is 5. The summed E-state index contributed by atoms with van der Waals surface area (Å²) in [6.07, 6.45) is 1.78. The first-order valence-electron chi connectivity index (χ1n) is 9.42. The Labute approximate surface area is 172 Å². The van der Waals surface area contributed by atoms with Crippen molar-refractivity contribution >= 4 is 27.5 Å². The van der Waals surface area contributed by atoms with E-state index in [1.54, 1.807) is 26.4 Å². The van der Waals surface area contributed by atoms with Gasteiger partial charge in [0.2, 0.25) is 5.88 Å². The van der Waals surface area contributed by atoms with Gasteiger partial charge in [-0.1, -0.05) is 12.1 Å². The van der Waals surface area contributed by atoms with E-state index in [1.807, 2.05) is 11.8 Å². The molecular weight excluding hydrogens is 393 g/mol. The van der Waals surface area contributed by atoms with Gasteiger partial charge < -0.3 is 14.4 Å². The molecule has 1 unspecified atom stereocenters. The smallest absolute Gasteiger partial charge is 0.264 e. The standard InChI is InChI=1S/C21H22FN3O3S/c1-12-17-19(28-3)23-16(11-27-2)24-20(17)29-18(12)21(26)25-10-4-5-15(25)13-6-8-14(22)9-7-13/h6-9,15H,4-5,10-11H2,1-3H3. The van der Waals surface area contributed by atoms with Crippen LogP contribution in [0.4, 0.5) is 4.39 Å². The quantitative estimate of drug-likeness (QED) is 0.623. The van der Waals surface area contributed by atoms with Gasteiger partial charge in [0.1, 0.15) is 17.3 Å². The van der Waals surface area contributed by atoms with Crippen LogP contribution in [0.5, 0.6) is 5.88 Å². The molecule has 29 heavy (non-hydrogen) atoms. The Morgan fingerprint density at radius 3 is 2.72 bits per heavy atom. The molecule has 1 amide bonds. The minimum absolute atomic E-state index is 0.0346. The van der Waals surface area contributed by atoms with Crippen molar-refractivity contribution < 1.29 is 18.7 Å². The monoisotopic (exact) mass is 415 g/mol. The van der Waals surface area contributed by atoms with Crippen LogP contribution in [-0.2, 0) is 11.3 Å². The highest BCUT2D eigenvalue weighted by molar-refractivity contribution is 7.20. The van der Waals surface area contributed by atoms with Gasteiger partial charge in [-0.2, -0.15) is 4.98 Å². The molecule has 1 aliphatic heterocycles. The lowest BCUT2D eigenvalue weighted by atomic mass is 10.0. The molecule has 0 bridgehead atoms. The molecule has 1 aliphatic rings. The zero-order valence-electron chi connectivity index (χ0n) is 16.6. The number of ether oxygens (including phenoxy) is 2. The van der Waals surface area contributed by atoms with Gasteiger partial charge in [0.25, 0.3) is 5.91 Å². The summed E-state index contributed by atoms with van der Waals surface area (Å²) in [5.74, 6) is 0.656. The van der Waals surface area contributed by atoms with Crippen molar-refractivity contribution in [2.75, 3.05) is 20.8 Å². The van der Waals surface area contributed by atoms with Gasteiger partial charge in [-0.15, -0.1) is 11.3 Å². The maximum atomic E-state index is 13.4. The van der Waals surface area contributed by atoms with Crippen LogP contribution in [0.1, 0.15) is 45.5 Å². The lowest BCUT2D eigenvalue weighted by Gasteiger charge is -2.25. The summed E-state index contributed by atoms with van der Waals surface area (Å²) in [7, 11) is 3.14. The third kappa shape index (κ3) is 3.58. The third-order valence-corrected chi connectivity index (χ3v) is 6.41. The number of carbonyl (C=O) groups is 1. The Hall–Kier alpha value is -2.58. The molecule has 152 valence electrons. The van der Waals surface area contributed by atoms with Crippen molar-refractivity contribution in [1.29, 1.82) is 0 Å². The van der Waals surface area contributed by atoms with Crippen LogP contribution in [-0.4, -0.2) is 41.5 Å². The molecular formula is C21H22FN3O3S. The lowest BCUT2D eigenvalue weighted by Crippen LogP contribution is -2.30. The zero-order chi connectivity index (χ0) is 20.5. The molecule has 0 spiro atoms. The second-order valence-corrected chi connectivity index (χ2v) is 8.03. The minimum atomic E-state index is -0.275. The minimum Gasteiger partial charge on any atom is -0.480 e. The molecule has 1 aromatic carbocycles. The first kappa shape index (κ1) is 19.7. The molecule has 6 nitrogen and oxygen atoms in total. The van der Waals surface area contributed by atoms with Crippen molar-refractivity contribution in [3.8, 4) is 5.88 Å². The number of carbonyl (C=O) groups excluding carboxylic acids is 1. The van der Waals surface area contributed by atoms with E-state index < -0.39 is 0 Å². The van der Waals surface area contributed by atoms with Crippen molar-refractivity contribution in [2.24, 2.45) is 0 Å². The fourth-order valence-electron chi connectivity index (χ4n) is 3.86. The Morgan fingerprint density at radius 2 is 2.03 bits per heavy atom. The molecule has 3 aromatic rings. The van der Waals surface area contributed by atoms with Crippen LogP contribution in [0.3, 0.4) is 0 Å². The van der Waals surface area contributed by atoms with Crippen molar-refractivity contribution in [3.63, 3.8) is 0 Å². The predicted octanol–water partition coefficient (Wildman–Crippen LogP) is 4.27. The van der Waals surface area contributed by atoms with Gasteiger partial charge in [0.05, 0.1) is 23.4 Å². The van der Waals surface area contributed by atoms with Crippen molar-refractivity contribution in [3.05, 3.63) is 51.9 Å². The molecule has 3 heterocycles. The molecule has 0 N–H and O–H groups in total. The maximum Gasteiger partial charge on any atom is 0.264 e. The van der Waals surface area contributed by atoms with E-state index in [1.165, 1.54) is 23.5 Å². The average Bonchev–Trinajstić information content (AvgIpc) is 3.33. The number of benzene rings is 1. The second-order valence-electron chi connectivity index (χ2n) is 7.03. The summed E-state index contributed by atoms with van der Waals surface area (Å²) in [4.78, 5) is 25.6. The molecule has 1 fully saturated rings. The largest absolute Gasteiger partial charge is 0.480 e. The van der Waals surface area contributed by atoms with E-state index in [9.17, 15) is 9.18 Å². The maximum absolute atomic E-state index is 13.4. The van der Waals surface area contributed by atoms with Crippen LogP contribution in [0.25, 0.3) is 10.2 Å². The second kappa shape index (κ2) is 8.04. The molecule has 0 radical (unpaired) electrons. The molecule has 1 atom stereocenters. The molecule has 1 saturated heterocycles. The van der Waals surface area contributed by atoms with Gasteiger partial charge >= 0.3 is 0 Å². The van der Waals surface area contributed by atoms with Gasteiger partial charge in [-0.25, -0.2) is 9.37 Å². The number of hydrogen-bond acceptors (Lipinski definition) is 6. The Kier molecular flexibility index (Phi) is 5.47.